The Morgan fingerprint density at radius 1 is 1.15 bits per heavy atom. The van der Waals surface area contributed by atoms with Crippen molar-refractivity contribution in [3.8, 4) is 11.5 Å². The molecule has 7 heteroatoms. The van der Waals surface area contributed by atoms with Crippen molar-refractivity contribution in [1.29, 1.82) is 0 Å². The minimum Gasteiger partial charge on any atom is -0.490 e. The molecular weight excluding hydrogens is 348 g/mol. The van der Waals surface area contributed by atoms with Gasteiger partial charge in [0.05, 0.1) is 31.9 Å². The summed E-state index contributed by atoms with van der Waals surface area (Å²) in [5, 5.41) is 5.38. The second kappa shape index (κ2) is 9.85. The zero-order valence-electron chi connectivity index (χ0n) is 16.4. The van der Waals surface area contributed by atoms with Crippen LogP contribution in [-0.2, 0) is 9.53 Å². The molecule has 1 aliphatic rings. The molecule has 0 aromatic heterocycles. The number of amides is 2. The van der Waals surface area contributed by atoms with Gasteiger partial charge in [0.15, 0.2) is 11.5 Å². The van der Waals surface area contributed by atoms with Gasteiger partial charge < -0.3 is 24.8 Å². The van der Waals surface area contributed by atoms with Crippen LogP contribution >= 0.6 is 0 Å². The fraction of sp³-hybridized carbons (Fsp3) is 0.500. The molecule has 0 radical (unpaired) electrons. The number of nitrogens with one attached hydrogen (secondary N) is 2. The first-order chi connectivity index (χ1) is 13.0. The molecule has 1 unspecified atom stereocenters. The zero-order chi connectivity index (χ0) is 19.8. The van der Waals surface area contributed by atoms with Gasteiger partial charge in [-0.3, -0.25) is 0 Å². The van der Waals surface area contributed by atoms with Crippen LogP contribution in [0.3, 0.4) is 0 Å². The summed E-state index contributed by atoms with van der Waals surface area (Å²) in [4.78, 5) is 24.2. The van der Waals surface area contributed by atoms with E-state index in [-0.39, 0.29) is 6.03 Å². The first-order valence-corrected chi connectivity index (χ1v) is 9.27. The quantitative estimate of drug-likeness (QED) is 0.509. The highest BCUT2D eigenvalue weighted by Crippen LogP contribution is 2.34. The second-order valence-electron chi connectivity index (χ2n) is 6.26. The topological polar surface area (TPSA) is 85.9 Å². The second-order valence-corrected chi connectivity index (χ2v) is 6.26. The molecule has 27 heavy (non-hydrogen) atoms. The highest BCUT2D eigenvalue weighted by molar-refractivity contribution is 5.94. The van der Waals surface area contributed by atoms with E-state index in [9.17, 15) is 9.59 Å². The SMILES string of the molecule is CCCCCOc1ccc(C2NC(=O)NC(C)=C2C(=O)OC)cc1OCC. The monoisotopic (exact) mass is 376 g/mol. The number of urea groups is 1. The fourth-order valence-corrected chi connectivity index (χ4v) is 2.95. The standard InChI is InChI=1S/C20H28N2O5/c1-5-7-8-11-27-15-10-9-14(12-16(15)26-6-2)18-17(19(23)25-4)13(3)21-20(24)22-18/h9-10,12,18H,5-8,11H2,1-4H3,(H2,21,22,24). The molecule has 0 saturated carbocycles. The van der Waals surface area contributed by atoms with Crippen LogP contribution in [0.15, 0.2) is 29.5 Å². The summed E-state index contributed by atoms with van der Waals surface area (Å²) < 4.78 is 16.4. The predicted molar refractivity (Wildman–Crippen MR) is 102 cm³/mol. The highest BCUT2D eigenvalue weighted by atomic mass is 16.5. The van der Waals surface area contributed by atoms with Crippen LogP contribution in [0.4, 0.5) is 4.79 Å². The molecule has 0 fully saturated rings. The predicted octanol–water partition coefficient (Wildman–Crippen LogP) is 3.46. The van der Waals surface area contributed by atoms with Crippen molar-refractivity contribution in [2.45, 2.75) is 46.1 Å². The molecule has 2 amide bonds. The van der Waals surface area contributed by atoms with Gasteiger partial charge in [-0.2, -0.15) is 0 Å². The molecule has 1 atom stereocenters. The number of ether oxygens (including phenoxy) is 3. The van der Waals surface area contributed by atoms with Crippen LogP contribution in [0.1, 0.15) is 51.6 Å². The van der Waals surface area contributed by atoms with Gasteiger partial charge in [0.25, 0.3) is 0 Å². The number of unbranched alkanes of at least 4 members (excludes halogenated alkanes) is 2. The van der Waals surface area contributed by atoms with Crippen LogP contribution < -0.4 is 20.1 Å². The summed E-state index contributed by atoms with van der Waals surface area (Å²) in [6.45, 7) is 6.80. The Hall–Kier alpha value is -2.70. The van der Waals surface area contributed by atoms with Gasteiger partial charge in [-0.05, 0) is 38.0 Å². The summed E-state index contributed by atoms with van der Waals surface area (Å²) in [5.74, 6) is 0.737. The molecular formula is C20H28N2O5. The molecule has 2 rings (SSSR count). The van der Waals surface area contributed by atoms with E-state index < -0.39 is 12.0 Å². The van der Waals surface area contributed by atoms with E-state index in [0.717, 1.165) is 19.3 Å². The third kappa shape index (κ3) is 5.15. The van der Waals surface area contributed by atoms with Gasteiger partial charge in [-0.15, -0.1) is 0 Å². The Morgan fingerprint density at radius 2 is 1.93 bits per heavy atom. The maximum Gasteiger partial charge on any atom is 0.337 e. The smallest absolute Gasteiger partial charge is 0.337 e. The zero-order valence-corrected chi connectivity index (χ0v) is 16.4. The van der Waals surface area contributed by atoms with Crippen molar-refractivity contribution in [2.75, 3.05) is 20.3 Å². The summed E-state index contributed by atoms with van der Waals surface area (Å²) in [5.41, 5.74) is 1.54. The van der Waals surface area contributed by atoms with Crippen LogP contribution in [0, 0.1) is 0 Å². The fourth-order valence-electron chi connectivity index (χ4n) is 2.95. The largest absolute Gasteiger partial charge is 0.490 e. The molecule has 2 N–H and O–H groups in total. The van der Waals surface area contributed by atoms with Gasteiger partial charge in [-0.25, -0.2) is 9.59 Å². The maximum atomic E-state index is 12.2. The molecule has 1 aromatic rings. The Labute approximate surface area is 160 Å². The summed E-state index contributed by atoms with van der Waals surface area (Å²) >= 11 is 0. The molecule has 0 bridgehead atoms. The van der Waals surface area contributed by atoms with E-state index in [4.69, 9.17) is 14.2 Å². The molecule has 0 saturated heterocycles. The molecule has 0 spiro atoms. The molecule has 1 aromatic carbocycles. The van der Waals surface area contributed by atoms with E-state index in [1.165, 1.54) is 7.11 Å². The van der Waals surface area contributed by atoms with Crippen molar-refractivity contribution in [3.05, 3.63) is 35.0 Å². The minimum atomic E-state index is -0.625. The van der Waals surface area contributed by atoms with Gasteiger partial charge in [0.2, 0.25) is 0 Å². The molecule has 148 valence electrons. The first-order valence-electron chi connectivity index (χ1n) is 9.27. The number of rotatable bonds is 9. The Balaban J connectivity index is 2.33. The first kappa shape index (κ1) is 20.6. The number of hydrogen-bond acceptors (Lipinski definition) is 5. The van der Waals surface area contributed by atoms with Gasteiger partial charge in [0, 0.05) is 5.70 Å². The lowest BCUT2D eigenvalue weighted by molar-refractivity contribution is -0.136. The van der Waals surface area contributed by atoms with E-state index in [1.54, 1.807) is 13.0 Å². The third-order valence-corrected chi connectivity index (χ3v) is 4.28. The molecule has 0 aliphatic carbocycles. The van der Waals surface area contributed by atoms with Crippen molar-refractivity contribution >= 4 is 12.0 Å². The van der Waals surface area contributed by atoms with E-state index >= 15 is 0 Å². The van der Waals surface area contributed by atoms with Crippen LogP contribution in [0.2, 0.25) is 0 Å². The van der Waals surface area contributed by atoms with E-state index in [1.807, 2.05) is 19.1 Å². The highest BCUT2D eigenvalue weighted by Gasteiger charge is 2.32. The van der Waals surface area contributed by atoms with E-state index in [0.29, 0.717) is 41.5 Å². The summed E-state index contributed by atoms with van der Waals surface area (Å²) in [6, 6.07) is 4.43. The lowest BCUT2D eigenvalue weighted by Crippen LogP contribution is -2.45. The van der Waals surface area contributed by atoms with Gasteiger partial charge in [0.1, 0.15) is 0 Å². The number of esters is 1. The Bertz CT molecular complexity index is 714. The van der Waals surface area contributed by atoms with Crippen molar-refractivity contribution in [2.24, 2.45) is 0 Å². The average molecular weight is 376 g/mol. The van der Waals surface area contributed by atoms with Crippen LogP contribution in [0.25, 0.3) is 0 Å². The number of carbonyl (C=O) groups excluding carboxylic acids is 2. The summed E-state index contributed by atoms with van der Waals surface area (Å²) in [7, 11) is 1.31. The number of benzene rings is 1. The van der Waals surface area contributed by atoms with E-state index in [2.05, 4.69) is 17.6 Å². The number of carbonyl (C=O) groups is 2. The third-order valence-electron chi connectivity index (χ3n) is 4.28. The molecule has 1 aliphatic heterocycles. The van der Waals surface area contributed by atoms with Crippen LogP contribution in [0.5, 0.6) is 11.5 Å². The lowest BCUT2D eigenvalue weighted by Gasteiger charge is -2.28. The van der Waals surface area contributed by atoms with Crippen molar-refractivity contribution in [3.63, 3.8) is 0 Å². The Morgan fingerprint density at radius 3 is 2.59 bits per heavy atom. The number of hydrogen-bond donors (Lipinski definition) is 2. The number of methoxy groups -OCH3 is 1. The maximum absolute atomic E-state index is 12.2. The van der Waals surface area contributed by atoms with Crippen molar-refractivity contribution < 1.29 is 23.8 Å². The molecule has 7 nitrogen and oxygen atoms in total. The molecule has 1 heterocycles. The Kier molecular flexibility index (Phi) is 7.52. The average Bonchev–Trinajstić information content (AvgIpc) is 2.65. The lowest BCUT2D eigenvalue weighted by atomic mass is 9.95. The number of allylic oxidation sites excluding steroid dienone is 1. The van der Waals surface area contributed by atoms with Crippen LogP contribution in [-0.4, -0.2) is 32.3 Å². The van der Waals surface area contributed by atoms with Gasteiger partial charge >= 0.3 is 12.0 Å². The summed E-state index contributed by atoms with van der Waals surface area (Å²) in [6.07, 6.45) is 3.20. The van der Waals surface area contributed by atoms with Crippen molar-refractivity contribution in [1.82, 2.24) is 10.6 Å². The van der Waals surface area contributed by atoms with Gasteiger partial charge in [-0.1, -0.05) is 25.8 Å². The normalized spacial score (nSPS) is 16.4. The minimum absolute atomic E-state index is 0.358.